The minimum absolute atomic E-state index is 0.118. The fourth-order valence-electron chi connectivity index (χ4n) is 2.16. The highest BCUT2D eigenvalue weighted by Gasteiger charge is 2.13. The first kappa shape index (κ1) is 14.3. The molecule has 1 aromatic heterocycles. The Kier molecular flexibility index (Phi) is 3.89. The number of anilines is 1. The number of nitrogens with one attached hydrogen (secondary N) is 1. The molecule has 0 aliphatic heterocycles. The van der Waals surface area contributed by atoms with Gasteiger partial charge in [-0.2, -0.15) is 0 Å². The lowest BCUT2D eigenvalue weighted by Gasteiger charge is -2.09. The predicted molar refractivity (Wildman–Crippen MR) is 90.2 cm³/mol. The van der Waals surface area contributed by atoms with Gasteiger partial charge in [0.25, 0.3) is 0 Å². The smallest absolute Gasteiger partial charge is 0.221 e. The summed E-state index contributed by atoms with van der Waals surface area (Å²) in [7, 11) is 0. The van der Waals surface area contributed by atoms with E-state index in [9.17, 15) is 4.79 Å². The number of rotatable bonds is 4. The van der Waals surface area contributed by atoms with Gasteiger partial charge in [0.05, 0.1) is 22.0 Å². The van der Waals surface area contributed by atoms with Crippen molar-refractivity contribution in [1.82, 2.24) is 4.98 Å². The highest BCUT2D eigenvalue weighted by atomic mass is 32.1. The fourth-order valence-corrected chi connectivity index (χ4v) is 3.14. The van der Waals surface area contributed by atoms with Crippen molar-refractivity contribution in [2.24, 2.45) is 0 Å². The molecule has 0 saturated heterocycles. The van der Waals surface area contributed by atoms with Gasteiger partial charge in [-0.15, -0.1) is 11.3 Å². The molecule has 0 unspecified atom stereocenters. The van der Waals surface area contributed by atoms with E-state index in [1.165, 1.54) is 13.2 Å². The number of para-hydroxylation sites is 1. The van der Waals surface area contributed by atoms with Gasteiger partial charge >= 0.3 is 0 Å². The molecule has 0 radical (unpaired) electrons. The number of fused-ring (bicyclic) bond motifs is 1. The number of amides is 1. The molecule has 0 bridgehead atoms. The van der Waals surface area contributed by atoms with E-state index < -0.39 is 0 Å². The lowest BCUT2D eigenvalue weighted by atomic mass is 10.2. The van der Waals surface area contributed by atoms with Crippen LogP contribution in [0.1, 0.15) is 6.92 Å². The Balaban J connectivity index is 2.12. The van der Waals surface area contributed by atoms with Crippen molar-refractivity contribution in [3.8, 4) is 16.3 Å². The zero-order chi connectivity index (χ0) is 15.5. The summed E-state index contributed by atoms with van der Waals surface area (Å²) in [5.74, 6) is 0.538. The van der Waals surface area contributed by atoms with Crippen molar-refractivity contribution < 1.29 is 9.53 Å². The quantitative estimate of drug-likeness (QED) is 0.725. The Hall–Kier alpha value is -2.66. The Morgan fingerprint density at radius 2 is 2.14 bits per heavy atom. The summed E-state index contributed by atoms with van der Waals surface area (Å²) in [5, 5.41) is 3.61. The second kappa shape index (κ2) is 5.99. The lowest BCUT2D eigenvalue weighted by molar-refractivity contribution is -0.114. The average Bonchev–Trinajstić information content (AvgIpc) is 2.92. The van der Waals surface area contributed by atoms with Gasteiger partial charge in [0.15, 0.2) is 0 Å². The van der Waals surface area contributed by atoms with Crippen LogP contribution in [0.4, 0.5) is 5.69 Å². The van der Waals surface area contributed by atoms with Gasteiger partial charge in [-0.1, -0.05) is 18.7 Å². The summed E-state index contributed by atoms with van der Waals surface area (Å²) in [5.41, 5.74) is 2.47. The van der Waals surface area contributed by atoms with Gasteiger partial charge in [-0.25, -0.2) is 4.98 Å². The van der Waals surface area contributed by atoms with Crippen LogP contribution in [0.15, 0.2) is 55.3 Å². The number of ether oxygens (including phenoxy) is 1. The highest BCUT2D eigenvalue weighted by Crippen LogP contribution is 2.37. The van der Waals surface area contributed by atoms with Crippen molar-refractivity contribution in [3.63, 3.8) is 0 Å². The van der Waals surface area contributed by atoms with Crippen LogP contribution in [0.25, 0.3) is 20.8 Å². The van der Waals surface area contributed by atoms with Crippen LogP contribution in [-0.4, -0.2) is 10.9 Å². The Labute approximate surface area is 132 Å². The minimum atomic E-state index is -0.118. The molecule has 0 saturated carbocycles. The second-order valence-corrected chi connectivity index (χ2v) is 5.69. The lowest BCUT2D eigenvalue weighted by Crippen LogP contribution is -2.05. The van der Waals surface area contributed by atoms with E-state index in [1.807, 2.05) is 30.3 Å². The molecule has 110 valence electrons. The summed E-state index contributed by atoms with van der Waals surface area (Å²) in [6, 6.07) is 13.4. The number of carbonyl (C=O) groups is 1. The zero-order valence-corrected chi connectivity index (χ0v) is 12.8. The molecule has 1 heterocycles. The summed E-state index contributed by atoms with van der Waals surface area (Å²) in [4.78, 5) is 15.9. The van der Waals surface area contributed by atoms with E-state index in [4.69, 9.17) is 4.74 Å². The molecular weight excluding hydrogens is 296 g/mol. The molecule has 0 aliphatic carbocycles. The van der Waals surface area contributed by atoms with Gasteiger partial charge in [-0.05, 0) is 30.3 Å². The standard InChI is InChI=1S/C17H14N2O2S/c1-3-21-15-9-8-12(18-11(2)20)10-13(15)17-19-14-6-4-5-7-16(14)22-17/h3-10H,1H2,2H3,(H,18,20). The molecule has 0 atom stereocenters. The number of hydrogen-bond acceptors (Lipinski definition) is 4. The van der Waals surface area contributed by atoms with Gasteiger partial charge in [-0.3, -0.25) is 4.79 Å². The number of aromatic nitrogens is 1. The van der Waals surface area contributed by atoms with Crippen LogP contribution in [-0.2, 0) is 4.79 Å². The van der Waals surface area contributed by atoms with Gasteiger partial charge < -0.3 is 10.1 Å². The SMILES string of the molecule is C=COc1ccc(NC(C)=O)cc1-c1nc2ccccc2s1. The van der Waals surface area contributed by atoms with Gasteiger partial charge in [0.2, 0.25) is 5.91 Å². The molecular formula is C17H14N2O2S. The molecule has 0 fully saturated rings. The maximum atomic E-state index is 11.2. The maximum absolute atomic E-state index is 11.2. The first-order chi connectivity index (χ1) is 10.7. The van der Waals surface area contributed by atoms with Gasteiger partial charge in [0.1, 0.15) is 10.8 Å². The van der Waals surface area contributed by atoms with Crippen LogP contribution < -0.4 is 10.1 Å². The van der Waals surface area contributed by atoms with Crippen LogP contribution in [0, 0.1) is 0 Å². The molecule has 22 heavy (non-hydrogen) atoms. The summed E-state index contributed by atoms with van der Waals surface area (Å²) in [6.07, 6.45) is 1.38. The van der Waals surface area contributed by atoms with Crippen molar-refractivity contribution in [1.29, 1.82) is 0 Å². The normalized spacial score (nSPS) is 10.4. The molecule has 0 aliphatic rings. The van der Waals surface area contributed by atoms with E-state index in [0.717, 1.165) is 20.8 Å². The molecule has 3 rings (SSSR count). The first-order valence-electron chi connectivity index (χ1n) is 6.72. The number of thiazole rings is 1. The molecule has 4 nitrogen and oxygen atoms in total. The largest absolute Gasteiger partial charge is 0.465 e. The van der Waals surface area contributed by atoms with Crippen molar-refractivity contribution in [2.45, 2.75) is 6.92 Å². The minimum Gasteiger partial charge on any atom is -0.465 e. The third-order valence-electron chi connectivity index (χ3n) is 3.03. The summed E-state index contributed by atoms with van der Waals surface area (Å²) in [6.45, 7) is 5.07. The van der Waals surface area contributed by atoms with Crippen molar-refractivity contribution in [2.75, 3.05) is 5.32 Å². The average molecular weight is 310 g/mol. The van der Waals surface area contributed by atoms with Crippen molar-refractivity contribution in [3.05, 3.63) is 55.3 Å². The third-order valence-corrected chi connectivity index (χ3v) is 4.10. The fraction of sp³-hybridized carbons (Fsp3) is 0.0588. The highest BCUT2D eigenvalue weighted by molar-refractivity contribution is 7.21. The second-order valence-electron chi connectivity index (χ2n) is 4.66. The number of nitrogens with zero attached hydrogens (tertiary/aromatic N) is 1. The molecule has 2 aromatic carbocycles. The monoisotopic (exact) mass is 310 g/mol. The molecule has 5 heteroatoms. The predicted octanol–water partition coefficient (Wildman–Crippen LogP) is 4.44. The summed E-state index contributed by atoms with van der Waals surface area (Å²) >= 11 is 1.58. The molecule has 3 aromatic rings. The van der Waals surface area contributed by atoms with Crippen LogP contribution >= 0.6 is 11.3 Å². The van der Waals surface area contributed by atoms with Crippen molar-refractivity contribution >= 4 is 33.1 Å². The Bertz CT molecular complexity index is 822. The van der Waals surface area contributed by atoms with E-state index in [-0.39, 0.29) is 5.91 Å². The van der Waals surface area contributed by atoms with Gasteiger partial charge in [0, 0.05) is 12.6 Å². The first-order valence-corrected chi connectivity index (χ1v) is 7.54. The van der Waals surface area contributed by atoms with Crippen LogP contribution in [0.3, 0.4) is 0 Å². The molecule has 1 N–H and O–H groups in total. The zero-order valence-electron chi connectivity index (χ0n) is 12.0. The maximum Gasteiger partial charge on any atom is 0.221 e. The van der Waals surface area contributed by atoms with Crippen LogP contribution in [0.5, 0.6) is 5.75 Å². The van der Waals surface area contributed by atoms with E-state index >= 15 is 0 Å². The van der Waals surface area contributed by atoms with E-state index in [0.29, 0.717) is 11.4 Å². The third kappa shape index (κ3) is 2.84. The van der Waals surface area contributed by atoms with Crippen LogP contribution in [0.2, 0.25) is 0 Å². The van der Waals surface area contributed by atoms with E-state index in [2.05, 4.69) is 16.9 Å². The molecule has 1 amide bonds. The summed E-state index contributed by atoms with van der Waals surface area (Å²) < 4.78 is 6.57. The Morgan fingerprint density at radius 3 is 2.86 bits per heavy atom. The number of carbonyl (C=O) groups excluding carboxylic acids is 1. The topological polar surface area (TPSA) is 51.2 Å². The number of hydrogen-bond donors (Lipinski definition) is 1. The van der Waals surface area contributed by atoms with E-state index in [1.54, 1.807) is 23.5 Å². The number of benzene rings is 2. The molecule has 0 spiro atoms. The Morgan fingerprint density at radius 1 is 1.32 bits per heavy atom.